The van der Waals surface area contributed by atoms with Crippen LogP contribution < -0.4 is 25.6 Å². The number of nitrogens with zero attached hydrogens (tertiary/aromatic N) is 5. The monoisotopic (exact) mass is 757 g/mol. The van der Waals surface area contributed by atoms with Crippen LogP contribution in [0.5, 0.6) is 0 Å². The van der Waals surface area contributed by atoms with Crippen LogP contribution in [0.4, 0.5) is 23.5 Å². The molecule has 4 aromatic carbocycles. The first kappa shape index (κ1) is 39.1. The molecule has 4 N–H and O–H groups in total. The lowest BCUT2D eigenvalue weighted by atomic mass is 9.88. The number of pyridine rings is 1. The average Bonchev–Trinajstić information content (AvgIpc) is 3.21. The third-order valence-corrected chi connectivity index (χ3v) is 11.0. The molecule has 0 aliphatic heterocycles. The average molecular weight is 758 g/mol. The van der Waals surface area contributed by atoms with Crippen LogP contribution >= 0.6 is 0 Å². The molecule has 0 saturated heterocycles. The van der Waals surface area contributed by atoms with Gasteiger partial charge in [-0.15, -0.1) is 0 Å². The Balaban J connectivity index is 1.01. The molecule has 0 unspecified atom stereocenters. The number of rotatable bonds is 21. The molecule has 0 saturated carbocycles. The summed E-state index contributed by atoms with van der Waals surface area (Å²) < 4.78 is 29.4. The summed E-state index contributed by atoms with van der Waals surface area (Å²) in [5.74, 6) is 1.74. The van der Waals surface area contributed by atoms with E-state index in [9.17, 15) is 8.42 Å². The second kappa shape index (κ2) is 19.7. The van der Waals surface area contributed by atoms with Crippen LogP contribution in [0.3, 0.4) is 0 Å². The van der Waals surface area contributed by atoms with Crippen LogP contribution in [-0.2, 0) is 16.4 Å². The van der Waals surface area contributed by atoms with Crippen molar-refractivity contribution in [1.29, 1.82) is 0 Å². The van der Waals surface area contributed by atoms with Crippen molar-refractivity contribution in [1.82, 2.24) is 24.7 Å². The van der Waals surface area contributed by atoms with Gasteiger partial charge in [0.2, 0.25) is 27.9 Å². The van der Waals surface area contributed by atoms with Gasteiger partial charge in [0.25, 0.3) is 0 Å². The van der Waals surface area contributed by atoms with Gasteiger partial charge in [-0.25, -0.2) is 13.1 Å². The summed E-state index contributed by atoms with van der Waals surface area (Å²) in [5, 5.41) is 11.8. The quantitative estimate of drug-likeness (QED) is 0.0540. The van der Waals surface area contributed by atoms with Gasteiger partial charge in [0.05, 0.1) is 4.90 Å². The molecular formula is C43H51N9O2S. The maximum Gasteiger partial charge on any atom is 0.241 e. The van der Waals surface area contributed by atoms with Gasteiger partial charge >= 0.3 is 0 Å². The summed E-state index contributed by atoms with van der Waals surface area (Å²) in [7, 11) is 0.263. The van der Waals surface area contributed by atoms with Crippen LogP contribution in [-0.4, -0.2) is 68.6 Å². The van der Waals surface area contributed by atoms with E-state index >= 15 is 0 Å². The van der Waals surface area contributed by atoms with E-state index in [0.717, 1.165) is 60.7 Å². The van der Waals surface area contributed by atoms with Crippen LogP contribution in [0.2, 0.25) is 0 Å². The summed E-state index contributed by atoms with van der Waals surface area (Å²) in [6, 6.07) is 38.2. The Hall–Kier alpha value is -5.59. The molecule has 2 aromatic heterocycles. The van der Waals surface area contributed by atoms with E-state index in [-0.39, 0.29) is 5.92 Å². The van der Waals surface area contributed by atoms with Gasteiger partial charge in [0.15, 0.2) is 0 Å². The summed E-state index contributed by atoms with van der Waals surface area (Å²) in [4.78, 5) is 20.8. The lowest BCUT2D eigenvalue weighted by Crippen LogP contribution is -2.25. The zero-order chi connectivity index (χ0) is 38.3. The zero-order valence-corrected chi connectivity index (χ0v) is 32.5. The molecule has 0 amide bonds. The Morgan fingerprint density at radius 3 is 1.80 bits per heavy atom. The number of sulfonamides is 1. The number of benzene rings is 4. The van der Waals surface area contributed by atoms with Crippen molar-refractivity contribution in [2.24, 2.45) is 0 Å². The van der Waals surface area contributed by atoms with Crippen molar-refractivity contribution in [3.8, 4) is 0 Å². The number of unbranched alkanes of at least 4 members (excludes halogenated alkanes) is 3. The second-order valence-corrected chi connectivity index (χ2v) is 15.4. The minimum atomic E-state index is -3.65. The molecule has 12 heteroatoms. The Labute approximate surface area is 325 Å². The van der Waals surface area contributed by atoms with Gasteiger partial charge in [-0.3, -0.25) is 4.98 Å². The molecule has 0 atom stereocenters. The standard InChI is InChI=1S/C43H51N9O2S/c1-52(2)39-24-15-23-38-37(39)22-16-25-40(38)55(53,54)48-30-13-4-3-12-29-45-41-49-42(46-31-26-35-21-11-14-28-44-35)51-43(50-41)47-32-27-36(33-17-7-5-8-18-33)34-19-9-6-10-20-34/h5-11,14-25,28,36,48H,3-4,12-13,26-27,29-32H2,1-2H3,(H3,45,46,47,49,50,51). The van der Waals surface area contributed by atoms with Crippen molar-refractivity contribution >= 4 is 44.3 Å². The Bertz CT molecular complexity index is 2150. The number of anilines is 4. The van der Waals surface area contributed by atoms with Crippen LogP contribution in [0.15, 0.2) is 126 Å². The number of hydrogen-bond acceptors (Lipinski definition) is 10. The molecule has 6 rings (SSSR count). The van der Waals surface area contributed by atoms with Crippen molar-refractivity contribution in [2.75, 3.05) is 61.1 Å². The number of hydrogen-bond donors (Lipinski definition) is 4. The maximum atomic E-state index is 13.3. The van der Waals surface area contributed by atoms with Crippen molar-refractivity contribution in [2.45, 2.75) is 49.3 Å². The Morgan fingerprint density at radius 2 is 1.16 bits per heavy atom. The van der Waals surface area contributed by atoms with E-state index in [4.69, 9.17) is 9.97 Å². The van der Waals surface area contributed by atoms with E-state index in [1.807, 2.05) is 73.6 Å². The van der Waals surface area contributed by atoms with Gasteiger partial charge < -0.3 is 20.9 Å². The van der Waals surface area contributed by atoms with Crippen molar-refractivity contribution in [3.63, 3.8) is 0 Å². The Morgan fingerprint density at radius 1 is 0.582 bits per heavy atom. The molecule has 0 fully saturated rings. The van der Waals surface area contributed by atoms with E-state index in [1.165, 1.54) is 11.1 Å². The fraction of sp³-hybridized carbons (Fsp3) is 0.302. The van der Waals surface area contributed by atoms with E-state index in [2.05, 4.69) is 79.2 Å². The van der Waals surface area contributed by atoms with Gasteiger partial charge in [-0.1, -0.05) is 104 Å². The zero-order valence-electron chi connectivity index (χ0n) is 31.7. The van der Waals surface area contributed by atoms with E-state index < -0.39 is 10.0 Å². The fourth-order valence-electron chi connectivity index (χ4n) is 6.66. The number of fused-ring (bicyclic) bond motifs is 1. The summed E-state index contributed by atoms with van der Waals surface area (Å²) in [5.41, 5.74) is 4.52. The summed E-state index contributed by atoms with van der Waals surface area (Å²) in [6.45, 7) is 2.36. The highest BCUT2D eigenvalue weighted by molar-refractivity contribution is 7.89. The largest absolute Gasteiger partial charge is 0.377 e. The fourth-order valence-corrected chi connectivity index (χ4v) is 7.96. The van der Waals surface area contributed by atoms with Gasteiger partial charge in [-0.05, 0) is 54.7 Å². The van der Waals surface area contributed by atoms with Crippen LogP contribution in [0, 0.1) is 0 Å². The minimum absolute atomic E-state index is 0.232. The molecule has 55 heavy (non-hydrogen) atoms. The highest BCUT2D eigenvalue weighted by atomic mass is 32.2. The van der Waals surface area contributed by atoms with Crippen LogP contribution in [0.1, 0.15) is 54.8 Å². The molecule has 286 valence electrons. The van der Waals surface area contributed by atoms with Crippen molar-refractivity contribution in [3.05, 3.63) is 138 Å². The molecular weight excluding hydrogens is 707 g/mol. The smallest absolute Gasteiger partial charge is 0.241 e. The molecule has 11 nitrogen and oxygen atoms in total. The Kier molecular flexibility index (Phi) is 14.0. The van der Waals surface area contributed by atoms with Crippen molar-refractivity contribution < 1.29 is 8.42 Å². The lowest BCUT2D eigenvalue weighted by molar-refractivity contribution is 0.573. The lowest BCUT2D eigenvalue weighted by Gasteiger charge is -2.19. The van der Waals surface area contributed by atoms with Gasteiger partial charge in [0.1, 0.15) is 0 Å². The molecule has 0 bridgehead atoms. The first-order valence-electron chi connectivity index (χ1n) is 19.0. The number of aromatic nitrogens is 4. The maximum absolute atomic E-state index is 13.3. The summed E-state index contributed by atoms with van der Waals surface area (Å²) in [6.07, 6.45) is 6.84. The minimum Gasteiger partial charge on any atom is -0.377 e. The highest BCUT2D eigenvalue weighted by Gasteiger charge is 2.18. The molecule has 0 aliphatic rings. The second-order valence-electron chi connectivity index (χ2n) is 13.7. The predicted molar refractivity (Wildman–Crippen MR) is 225 cm³/mol. The summed E-state index contributed by atoms with van der Waals surface area (Å²) >= 11 is 0. The first-order valence-corrected chi connectivity index (χ1v) is 20.5. The highest BCUT2D eigenvalue weighted by Crippen LogP contribution is 2.30. The molecule has 2 heterocycles. The topological polar surface area (TPSA) is 137 Å². The molecule has 0 spiro atoms. The van der Waals surface area contributed by atoms with Gasteiger partial charge in [-0.2, -0.15) is 15.0 Å². The van der Waals surface area contributed by atoms with E-state index in [0.29, 0.717) is 48.9 Å². The first-order chi connectivity index (χ1) is 26.9. The third-order valence-electron chi connectivity index (χ3n) is 9.45. The van der Waals surface area contributed by atoms with E-state index in [1.54, 1.807) is 18.3 Å². The number of nitrogens with one attached hydrogen (secondary N) is 4. The predicted octanol–water partition coefficient (Wildman–Crippen LogP) is 7.73. The molecule has 0 radical (unpaired) electrons. The molecule has 0 aliphatic carbocycles. The molecule has 6 aromatic rings. The third kappa shape index (κ3) is 11.2. The van der Waals surface area contributed by atoms with Crippen LogP contribution in [0.25, 0.3) is 10.8 Å². The SMILES string of the molecule is CN(C)c1cccc2c(S(=O)(=O)NCCCCCCNc3nc(NCCc4ccccn4)nc(NCCC(c4ccccc4)c4ccccc4)n3)cccc12. The van der Waals surface area contributed by atoms with Gasteiger partial charge in [0, 0.05) is 81.0 Å². The normalized spacial score (nSPS) is 11.5.